The highest BCUT2D eigenvalue weighted by atomic mass is 16.2. The van der Waals surface area contributed by atoms with E-state index in [1.807, 2.05) is 46.6 Å². The topological polar surface area (TPSA) is 196 Å². The largest absolute Gasteiger partial charge is 0.384 e. The third-order valence-corrected chi connectivity index (χ3v) is 6.85. The Morgan fingerprint density at radius 1 is 1.13 bits per heavy atom. The van der Waals surface area contributed by atoms with E-state index >= 15 is 0 Å². The van der Waals surface area contributed by atoms with Crippen molar-refractivity contribution >= 4 is 40.7 Å². The number of hydrogen-bond acceptors (Lipinski definition) is 9. The number of carbonyl (C=O) groups is 2. The SMILES string of the molecule is CC.CC.CNC(=O)C(=N)/C(=C\C(N)=NC(=O)C1CC1)Nc1cccc(C2=CNC(C(=C=O)NCc3cccn(C)c3=O)=CN2)c1C. The molecule has 2 heterocycles. The molecule has 1 fully saturated rings. The average molecular weight is 644 g/mol. The van der Waals surface area contributed by atoms with Crippen LogP contribution in [0.4, 0.5) is 5.69 Å². The second-order valence-corrected chi connectivity index (χ2v) is 9.95. The van der Waals surface area contributed by atoms with Crippen molar-refractivity contribution in [2.45, 2.75) is 54.0 Å². The summed E-state index contributed by atoms with van der Waals surface area (Å²) in [5.74, 6) is 0.677. The van der Waals surface area contributed by atoms with Gasteiger partial charge in [-0.25, -0.2) is 4.79 Å². The first-order chi connectivity index (χ1) is 22.6. The normalized spacial score (nSPS) is 13.7. The molecule has 2 aromatic rings. The van der Waals surface area contributed by atoms with Crippen molar-refractivity contribution in [2.75, 3.05) is 12.4 Å². The van der Waals surface area contributed by atoms with E-state index in [2.05, 4.69) is 31.6 Å². The maximum absolute atomic E-state index is 12.3. The summed E-state index contributed by atoms with van der Waals surface area (Å²) < 4.78 is 1.46. The summed E-state index contributed by atoms with van der Waals surface area (Å²) in [4.78, 5) is 52.2. The molecule has 250 valence electrons. The third kappa shape index (κ3) is 10.2. The predicted octanol–water partition coefficient (Wildman–Crippen LogP) is 2.94. The summed E-state index contributed by atoms with van der Waals surface area (Å²) in [5, 5.41) is 23.0. The molecule has 0 spiro atoms. The van der Waals surface area contributed by atoms with Crippen LogP contribution in [0.15, 0.2) is 81.9 Å². The van der Waals surface area contributed by atoms with Crippen LogP contribution in [0.1, 0.15) is 57.2 Å². The number of nitrogens with zero attached hydrogens (tertiary/aromatic N) is 2. The summed E-state index contributed by atoms with van der Waals surface area (Å²) in [6.07, 6.45) is 7.78. The molecule has 0 bridgehead atoms. The Hall–Kier alpha value is -5.68. The molecule has 1 aliphatic carbocycles. The van der Waals surface area contributed by atoms with Crippen LogP contribution in [0.2, 0.25) is 0 Å². The Labute approximate surface area is 275 Å². The van der Waals surface area contributed by atoms with Crippen LogP contribution in [0.25, 0.3) is 5.70 Å². The van der Waals surface area contributed by atoms with Crippen molar-refractivity contribution in [1.29, 1.82) is 5.41 Å². The number of amidine groups is 1. The number of aliphatic imine (C=N–C) groups is 1. The van der Waals surface area contributed by atoms with E-state index < -0.39 is 5.91 Å². The van der Waals surface area contributed by atoms with Gasteiger partial charge in [-0.05, 0) is 37.5 Å². The number of benzene rings is 1. The first kappa shape index (κ1) is 37.5. The quantitative estimate of drug-likeness (QED) is 0.109. The van der Waals surface area contributed by atoms with E-state index in [-0.39, 0.29) is 46.9 Å². The van der Waals surface area contributed by atoms with E-state index in [0.29, 0.717) is 22.6 Å². The molecule has 1 aliphatic heterocycles. The van der Waals surface area contributed by atoms with Crippen LogP contribution in [-0.2, 0) is 28.0 Å². The molecule has 2 aliphatic rings. The van der Waals surface area contributed by atoms with Gasteiger partial charge >= 0.3 is 0 Å². The van der Waals surface area contributed by atoms with Crippen molar-refractivity contribution < 1.29 is 14.4 Å². The summed E-state index contributed by atoms with van der Waals surface area (Å²) in [6, 6.07) is 8.88. The van der Waals surface area contributed by atoms with E-state index in [9.17, 15) is 19.2 Å². The fourth-order valence-corrected chi connectivity index (χ4v) is 4.20. The molecule has 4 rings (SSSR count). The Morgan fingerprint density at radius 2 is 1.83 bits per heavy atom. The van der Waals surface area contributed by atoms with Crippen molar-refractivity contribution in [2.24, 2.45) is 23.7 Å². The summed E-state index contributed by atoms with van der Waals surface area (Å²) in [7, 11) is 3.06. The van der Waals surface area contributed by atoms with Gasteiger partial charge in [-0.1, -0.05) is 45.9 Å². The Bertz CT molecular complexity index is 1710. The molecule has 0 saturated heterocycles. The minimum atomic E-state index is -0.646. The van der Waals surface area contributed by atoms with Gasteiger partial charge in [-0.3, -0.25) is 19.8 Å². The minimum absolute atomic E-state index is 0.0652. The van der Waals surface area contributed by atoms with Crippen LogP contribution in [-0.4, -0.2) is 40.9 Å². The Balaban J connectivity index is 0.00000185. The Morgan fingerprint density at radius 3 is 2.43 bits per heavy atom. The number of aryl methyl sites for hydroxylation is 1. The highest BCUT2D eigenvalue weighted by Crippen LogP contribution is 2.30. The minimum Gasteiger partial charge on any atom is -0.384 e. The maximum Gasteiger partial charge on any atom is 0.271 e. The number of amides is 2. The molecule has 8 N–H and O–H groups in total. The third-order valence-electron chi connectivity index (χ3n) is 6.85. The van der Waals surface area contributed by atoms with E-state index in [0.717, 1.165) is 24.0 Å². The zero-order valence-corrected chi connectivity index (χ0v) is 28.0. The molecule has 0 radical (unpaired) electrons. The van der Waals surface area contributed by atoms with Crippen molar-refractivity contribution in [3.05, 3.63) is 99.1 Å². The number of rotatable bonds is 11. The molecule has 13 nitrogen and oxygen atoms in total. The van der Waals surface area contributed by atoms with Crippen molar-refractivity contribution in [3.63, 3.8) is 0 Å². The van der Waals surface area contributed by atoms with Crippen LogP contribution >= 0.6 is 0 Å². The smallest absolute Gasteiger partial charge is 0.271 e. The lowest BCUT2D eigenvalue weighted by Gasteiger charge is -2.21. The predicted molar refractivity (Wildman–Crippen MR) is 187 cm³/mol. The molecular formula is C34H45N9O4. The highest BCUT2D eigenvalue weighted by Gasteiger charge is 2.29. The summed E-state index contributed by atoms with van der Waals surface area (Å²) in [6.45, 7) is 10.00. The highest BCUT2D eigenvalue weighted by molar-refractivity contribution is 6.45. The molecule has 13 heteroatoms. The van der Waals surface area contributed by atoms with E-state index in [4.69, 9.17) is 11.1 Å². The van der Waals surface area contributed by atoms with E-state index in [1.165, 1.54) is 17.7 Å². The van der Waals surface area contributed by atoms with Gasteiger partial charge in [0.25, 0.3) is 17.4 Å². The maximum atomic E-state index is 12.3. The van der Waals surface area contributed by atoms with Crippen LogP contribution < -0.4 is 37.9 Å². The van der Waals surface area contributed by atoms with Crippen molar-refractivity contribution in [3.8, 4) is 0 Å². The fourth-order valence-electron chi connectivity index (χ4n) is 4.20. The fraction of sp³-hybridized carbons (Fsp3) is 0.324. The number of aromatic nitrogens is 1. The van der Waals surface area contributed by atoms with Gasteiger partial charge in [0.05, 0.1) is 17.1 Å². The summed E-state index contributed by atoms with van der Waals surface area (Å²) >= 11 is 0. The number of nitrogens with one attached hydrogen (secondary N) is 6. The lowest BCUT2D eigenvalue weighted by molar-refractivity contribution is -0.119. The van der Waals surface area contributed by atoms with Gasteiger partial charge in [0.15, 0.2) is 5.94 Å². The summed E-state index contributed by atoms with van der Waals surface area (Å²) in [5.41, 5.74) is 9.36. The second-order valence-electron chi connectivity index (χ2n) is 9.95. The van der Waals surface area contributed by atoms with Gasteiger partial charge < -0.3 is 36.9 Å². The number of carbonyl (C=O) groups excluding carboxylic acids is 3. The molecule has 1 aromatic heterocycles. The number of hydrogen-bond donors (Lipinski definition) is 7. The molecule has 0 unspecified atom stereocenters. The van der Waals surface area contributed by atoms with Gasteiger partial charge in [-0.15, -0.1) is 0 Å². The monoisotopic (exact) mass is 643 g/mol. The molecule has 0 atom stereocenters. The number of anilines is 1. The van der Waals surface area contributed by atoms with E-state index in [1.54, 1.807) is 49.9 Å². The van der Waals surface area contributed by atoms with Crippen LogP contribution in [0.5, 0.6) is 0 Å². The number of nitrogens with two attached hydrogens (primary N) is 1. The first-order valence-corrected chi connectivity index (χ1v) is 15.5. The Kier molecular flexibility index (Phi) is 14.6. The average Bonchev–Trinajstić information content (AvgIpc) is 3.95. The van der Waals surface area contributed by atoms with Gasteiger partial charge in [0, 0.05) is 68.0 Å². The van der Waals surface area contributed by atoms with Crippen molar-refractivity contribution in [1.82, 2.24) is 25.8 Å². The molecule has 2 amide bonds. The molecular weight excluding hydrogens is 598 g/mol. The van der Waals surface area contributed by atoms with Gasteiger partial charge in [0.1, 0.15) is 17.2 Å². The second kappa shape index (κ2) is 18.3. The first-order valence-electron chi connectivity index (χ1n) is 15.5. The van der Waals surface area contributed by atoms with Gasteiger partial charge in [0.2, 0.25) is 0 Å². The lowest BCUT2D eigenvalue weighted by Crippen LogP contribution is -2.31. The molecule has 1 saturated carbocycles. The van der Waals surface area contributed by atoms with Crippen LogP contribution in [0.3, 0.4) is 0 Å². The zero-order valence-electron chi connectivity index (χ0n) is 28.0. The molecule has 1 aromatic carbocycles. The number of pyridine rings is 1. The van der Waals surface area contributed by atoms with Crippen LogP contribution in [0, 0.1) is 18.3 Å². The van der Waals surface area contributed by atoms with Gasteiger partial charge in [-0.2, -0.15) is 4.99 Å². The molecule has 47 heavy (non-hydrogen) atoms. The lowest BCUT2D eigenvalue weighted by atomic mass is 10.0. The standard InChI is InChI=1S/C30H33N9O4.2C2H6/c1-17-20(23-14-36-24(15-35-23)25(16-40)34-13-19-6-5-11-39(3)30(19)43)7-4-8-21(17)37-22(27(32)29(42)33-2)12-26(31)38-28(41)18-9-10-18;2*1-2/h4-8,11-12,14-15,18,32,34-37H,9-10,13H2,1-3H3,(H,33,42)(H2,31,38,41);2*1-2H3/b22-12+,32-27?;;. The zero-order chi connectivity index (χ0) is 35.1.